The number of aliphatic hydroxyl groups is 1. The number of H-pyrrole nitrogens is 1. The van der Waals surface area contributed by atoms with Gasteiger partial charge in [0.15, 0.2) is 0 Å². The van der Waals surface area contributed by atoms with Crippen LogP contribution >= 0.6 is 39.1 Å². The van der Waals surface area contributed by atoms with Crippen molar-refractivity contribution in [1.82, 2.24) is 9.97 Å². The minimum atomic E-state index is 0.0563. The second kappa shape index (κ2) is 5.40. The highest BCUT2D eigenvalue weighted by atomic mass is 79.9. The molecule has 0 saturated carbocycles. The number of nitrogens with zero attached hydrogens (tertiary/aromatic N) is 1. The second-order valence-electron chi connectivity index (χ2n) is 3.45. The van der Waals surface area contributed by atoms with Gasteiger partial charge in [-0.2, -0.15) is 0 Å². The van der Waals surface area contributed by atoms with Crippen molar-refractivity contribution in [3.05, 3.63) is 38.7 Å². The Labute approximate surface area is 117 Å². The molecule has 1 aromatic carbocycles. The van der Waals surface area contributed by atoms with Gasteiger partial charge in [-0.05, 0) is 28.1 Å². The molecule has 3 nitrogen and oxygen atoms in total. The third kappa shape index (κ3) is 2.83. The Morgan fingerprint density at radius 2 is 2.06 bits per heavy atom. The van der Waals surface area contributed by atoms with Crippen molar-refractivity contribution >= 4 is 39.1 Å². The maximum absolute atomic E-state index is 8.86. The lowest BCUT2D eigenvalue weighted by atomic mass is 10.2. The van der Waals surface area contributed by atoms with Crippen molar-refractivity contribution in [2.75, 3.05) is 6.61 Å². The molecule has 2 aromatic rings. The zero-order valence-electron chi connectivity index (χ0n) is 8.67. The van der Waals surface area contributed by atoms with Crippen LogP contribution in [0.3, 0.4) is 0 Å². The van der Waals surface area contributed by atoms with Crippen molar-refractivity contribution in [2.24, 2.45) is 0 Å². The summed E-state index contributed by atoms with van der Waals surface area (Å²) in [6, 6.07) is 5.33. The molecule has 0 aliphatic rings. The molecule has 90 valence electrons. The Morgan fingerprint density at radius 3 is 2.71 bits per heavy atom. The van der Waals surface area contributed by atoms with Crippen molar-refractivity contribution in [3.63, 3.8) is 0 Å². The smallest absolute Gasteiger partial charge is 0.110 e. The van der Waals surface area contributed by atoms with Gasteiger partial charge in [0.05, 0.1) is 16.7 Å². The van der Waals surface area contributed by atoms with E-state index in [2.05, 4.69) is 25.9 Å². The molecule has 0 spiro atoms. The van der Waals surface area contributed by atoms with Gasteiger partial charge in [-0.3, -0.25) is 0 Å². The van der Waals surface area contributed by atoms with Crippen LogP contribution in [0.15, 0.2) is 22.8 Å². The Bertz CT molecular complexity index is 542. The van der Waals surface area contributed by atoms with E-state index in [1.807, 2.05) is 6.07 Å². The monoisotopic (exact) mass is 334 g/mol. The highest BCUT2D eigenvalue weighted by Gasteiger charge is 2.11. The topological polar surface area (TPSA) is 48.9 Å². The number of aromatic nitrogens is 2. The number of rotatable bonds is 3. The average Bonchev–Trinajstić information content (AvgIpc) is 2.64. The lowest BCUT2D eigenvalue weighted by Crippen LogP contribution is -1.92. The van der Waals surface area contributed by atoms with E-state index >= 15 is 0 Å². The minimum Gasteiger partial charge on any atom is -0.396 e. The second-order valence-corrected chi connectivity index (χ2v) is 5.06. The molecule has 0 unspecified atom stereocenters. The maximum Gasteiger partial charge on any atom is 0.110 e. The van der Waals surface area contributed by atoms with Gasteiger partial charge in [0, 0.05) is 12.0 Å². The van der Waals surface area contributed by atoms with Crippen LogP contribution in [0, 0.1) is 0 Å². The predicted molar refractivity (Wildman–Crippen MR) is 72.5 cm³/mol. The molecule has 6 heteroatoms. The van der Waals surface area contributed by atoms with Crippen LogP contribution < -0.4 is 0 Å². The van der Waals surface area contributed by atoms with Gasteiger partial charge in [0.1, 0.15) is 16.1 Å². The first-order valence-corrected chi connectivity index (χ1v) is 6.47. The van der Waals surface area contributed by atoms with Gasteiger partial charge in [-0.1, -0.05) is 29.3 Å². The Morgan fingerprint density at radius 1 is 1.29 bits per heavy atom. The van der Waals surface area contributed by atoms with Crippen molar-refractivity contribution in [2.45, 2.75) is 6.42 Å². The van der Waals surface area contributed by atoms with E-state index < -0.39 is 0 Å². The molecular formula is C11H9BrCl2N2O. The molecule has 0 fully saturated rings. The van der Waals surface area contributed by atoms with Gasteiger partial charge < -0.3 is 10.1 Å². The van der Waals surface area contributed by atoms with Crippen LogP contribution in [-0.2, 0) is 6.42 Å². The number of hydrogen-bond donors (Lipinski definition) is 2. The van der Waals surface area contributed by atoms with Gasteiger partial charge >= 0.3 is 0 Å². The summed E-state index contributed by atoms with van der Waals surface area (Å²) in [5.74, 6) is 0.723. The van der Waals surface area contributed by atoms with Crippen LogP contribution in [0.5, 0.6) is 0 Å². The number of aliphatic hydroxyl groups excluding tert-OH is 1. The van der Waals surface area contributed by atoms with E-state index in [-0.39, 0.29) is 6.61 Å². The molecule has 1 heterocycles. The first-order chi connectivity index (χ1) is 8.11. The normalized spacial score (nSPS) is 10.8. The SMILES string of the molecule is OCCc1nc(-c2ccc(Cl)c(Cl)c2)c(Br)[nH]1. The van der Waals surface area contributed by atoms with Crippen LogP contribution in [0.2, 0.25) is 10.0 Å². The average molecular weight is 336 g/mol. The van der Waals surface area contributed by atoms with Crippen LogP contribution in [0.4, 0.5) is 0 Å². The van der Waals surface area contributed by atoms with Gasteiger partial charge in [-0.25, -0.2) is 4.98 Å². The Kier molecular flexibility index (Phi) is 4.09. The first kappa shape index (κ1) is 12.9. The zero-order valence-corrected chi connectivity index (χ0v) is 11.8. The summed E-state index contributed by atoms with van der Waals surface area (Å²) in [6.45, 7) is 0.0563. The molecule has 1 aromatic heterocycles. The predicted octanol–water partition coefficient (Wildman–Crippen LogP) is 3.68. The van der Waals surface area contributed by atoms with Crippen LogP contribution in [-0.4, -0.2) is 21.7 Å². The summed E-state index contributed by atoms with van der Waals surface area (Å²) >= 11 is 15.2. The molecule has 17 heavy (non-hydrogen) atoms. The standard InChI is InChI=1S/C11H9BrCl2N2O/c12-11-10(15-9(16-11)3-4-17)6-1-2-7(13)8(14)5-6/h1-2,5,17H,3-4H2,(H,15,16). The molecule has 0 aliphatic heterocycles. The van der Waals surface area contributed by atoms with E-state index in [9.17, 15) is 0 Å². The molecule has 2 rings (SSSR count). The number of imidazole rings is 1. The van der Waals surface area contributed by atoms with Crippen LogP contribution in [0.1, 0.15) is 5.82 Å². The molecule has 0 atom stereocenters. The third-order valence-corrected chi connectivity index (χ3v) is 3.56. The summed E-state index contributed by atoms with van der Waals surface area (Å²) < 4.78 is 0.763. The molecule has 0 bridgehead atoms. The van der Waals surface area contributed by atoms with E-state index in [0.29, 0.717) is 16.5 Å². The molecule has 0 amide bonds. The largest absolute Gasteiger partial charge is 0.396 e. The highest BCUT2D eigenvalue weighted by Crippen LogP contribution is 2.31. The fraction of sp³-hybridized carbons (Fsp3) is 0.182. The van der Waals surface area contributed by atoms with Crippen molar-refractivity contribution in [3.8, 4) is 11.3 Å². The molecule has 0 saturated heterocycles. The van der Waals surface area contributed by atoms with Crippen molar-refractivity contribution < 1.29 is 5.11 Å². The highest BCUT2D eigenvalue weighted by molar-refractivity contribution is 9.10. The van der Waals surface area contributed by atoms with E-state index in [0.717, 1.165) is 21.7 Å². The fourth-order valence-electron chi connectivity index (χ4n) is 1.46. The maximum atomic E-state index is 8.86. The molecular weight excluding hydrogens is 327 g/mol. The number of aromatic amines is 1. The third-order valence-electron chi connectivity index (χ3n) is 2.25. The lowest BCUT2D eigenvalue weighted by molar-refractivity contribution is 0.297. The first-order valence-electron chi connectivity index (χ1n) is 4.92. The Hall–Kier alpha value is -0.550. The molecule has 0 aliphatic carbocycles. The zero-order chi connectivity index (χ0) is 12.4. The minimum absolute atomic E-state index is 0.0563. The van der Waals surface area contributed by atoms with E-state index in [4.69, 9.17) is 28.3 Å². The lowest BCUT2D eigenvalue weighted by Gasteiger charge is -2.00. The summed E-state index contributed by atoms with van der Waals surface area (Å²) in [5.41, 5.74) is 1.62. The van der Waals surface area contributed by atoms with Crippen molar-refractivity contribution in [1.29, 1.82) is 0 Å². The fourth-order valence-corrected chi connectivity index (χ4v) is 2.30. The summed E-state index contributed by atoms with van der Waals surface area (Å²) in [7, 11) is 0. The van der Waals surface area contributed by atoms with E-state index in [1.165, 1.54) is 0 Å². The summed E-state index contributed by atoms with van der Waals surface area (Å²) in [6.07, 6.45) is 0.486. The number of halogens is 3. The van der Waals surface area contributed by atoms with Crippen LogP contribution in [0.25, 0.3) is 11.3 Å². The van der Waals surface area contributed by atoms with Gasteiger partial charge in [0.25, 0.3) is 0 Å². The van der Waals surface area contributed by atoms with Gasteiger partial charge in [-0.15, -0.1) is 0 Å². The number of nitrogens with one attached hydrogen (secondary N) is 1. The van der Waals surface area contributed by atoms with Gasteiger partial charge in [0.2, 0.25) is 0 Å². The number of hydrogen-bond acceptors (Lipinski definition) is 2. The summed E-state index contributed by atoms with van der Waals surface area (Å²) in [5, 5.41) is 9.86. The summed E-state index contributed by atoms with van der Waals surface area (Å²) in [4.78, 5) is 7.42. The quantitative estimate of drug-likeness (QED) is 0.898. The Balaban J connectivity index is 2.41. The molecule has 0 radical (unpaired) electrons. The number of benzene rings is 1. The molecule has 2 N–H and O–H groups in total. The van der Waals surface area contributed by atoms with E-state index in [1.54, 1.807) is 12.1 Å².